The summed E-state index contributed by atoms with van der Waals surface area (Å²) in [6, 6.07) is 9.58. The topological polar surface area (TPSA) is 126 Å². The van der Waals surface area contributed by atoms with E-state index in [1.165, 1.54) is 15.9 Å². The maximum absolute atomic E-state index is 13.7. The molecule has 0 fully saturated rings. The predicted octanol–water partition coefficient (Wildman–Crippen LogP) is 2.75. The molecule has 3 aromatic rings. The third kappa shape index (κ3) is 4.84. The lowest BCUT2D eigenvalue weighted by atomic mass is 9.95. The summed E-state index contributed by atoms with van der Waals surface area (Å²) in [5.74, 6) is -0.162. The lowest BCUT2D eigenvalue weighted by molar-refractivity contribution is -0.140. The van der Waals surface area contributed by atoms with Gasteiger partial charge in [-0.1, -0.05) is 23.5 Å². The first kappa shape index (κ1) is 25.7. The number of rotatable bonds is 7. The van der Waals surface area contributed by atoms with Crippen LogP contribution in [-0.4, -0.2) is 41.6 Å². The van der Waals surface area contributed by atoms with Gasteiger partial charge in [0.2, 0.25) is 6.79 Å². The standard InChI is InChI=1S/C26H21BrN2O8S/c1-3-34-25(33)22-13(2)28-26-29(23(22)15-5-7-18-19(10-15)37-12-36-18)24(32)20(38-26)9-14-4-6-17(16(27)8-14)35-11-21(30)31/h4-10,23H,3,11-12H2,1-2H3,(H,30,31)/b20-9+/t23-/m1/s1. The molecule has 2 aliphatic heterocycles. The molecule has 5 rings (SSSR count). The summed E-state index contributed by atoms with van der Waals surface area (Å²) in [6.45, 7) is 3.23. The molecule has 2 aliphatic rings. The van der Waals surface area contributed by atoms with Gasteiger partial charge in [-0.05, 0) is 71.2 Å². The van der Waals surface area contributed by atoms with Gasteiger partial charge >= 0.3 is 11.9 Å². The van der Waals surface area contributed by atoms with Crippen molar-refractivity contribution in [3.05, 3.63) is 83.0 Å². The Morgan fingerprint density at radius 2 is 2.03 bits per heavy atom. The summed E-state index contributed by atoms with van der Waals surface area (Å²) in [4.78, 5) is 42.6. The monoisotopic (exact) mass is 600 g/mol. The highest BCUT2D eigenvalue weighted by Crippen LogP contribution is 2.38. The van der Waals surface area contributed by atoms with Crippen LogP contribution in [0.25, 0.3) is 6.08 Å². The zero-order valence-electron chi connectivity index (χ0n) is 20.2. The number of hydrogen-bond acceptors (Lipinski definition) is 9. The van der Waals surface area contributed by atoms with Crippen LogP contribution >= 0.6 is 27.3 Å². The van der Waals surface area contributed by atoms with E-state index in [0.29, 0.717) is 47.9 Å². The zero-order valence-corrected chi connectivity index (χ0v) is 22.6. The van der Waals surface area contributed by atoms with Gasteiger partial charge in [-0.25, -0.2) is 14.6 Å². The fourth-order valence-corrected chi connectivity index (χ4v) is 5.76. The number of thiazole rings is 1. The van der Waals surface area contributed by atoms with Gasteiger partial charge in [0.25, 0.3) is 5.56 Å². The summed E-state index contributed by atoms with van der Waals surface area (Å²) in [5, 5.41) is 8.84. The summed E-state index contributed by atoms with van der Waals surface area (Å²) in [7, 11) is 0. The number of allylic oxidation sites excluding steroid dienone is 1. The normalized spacial score (nSPS) is 16.2. The zero-order chi connectivity index (χ0) is 27.0. The number of esters is 1. The lowest BCUT2D eigenvalue weighted by Gasteiger charge is -2.24. The Labute approximate surface area is 228 Å². The average molecular weight is 601 g/mol. The minimum absolute atomic E-state index is 0.0941. The molecule has 38 heavy (non-hydrogen) atoms. The van der Waals surface area contributed by atoms with Crippen molar-refractivity contribution in [1.82, 2.24) is 4.57 Å². The summed E-state index contributed by atoms with van der Waals surface area (Å²) >= 11 is 4.58. The predicted molar refractivity (Wildman–Crippen MR) is 140 cm³/mol. The first-order chi connectivity index (χ1) is 18.3. The van der Waals surface area contributed by atoms with Crippen molar-refractivity contribution in [2.75, 3.05) is 20.0 Å². The molecule has 10 nitrogen and oxygen atoms in total. The van der Waals surface area contributed by atoms with Crippen LogP contribution in [0, 0.1) is 0 Å². The molecule has 0 saturated carbocycles. The molecule has 0 spiro atoms. The molecular weight excluding hydrogens is 580 g/mol. The SMILES string of the molecule is CCOC(=O)C1=C(C)N=c2s/c(=C/c3ccc(OCC(=O)O)c(Br)c3)c(=O)n2[C@@H]1c1ccc2c(c1)OCO2. The van der Waals surface area contributed by atoms with E-state index in [1.54, 1.807) is 56.3 Å². The smallest absolute Gasteiger partial charge is 0.341 e. The third-order valence-electron chi connectivity index (χ3n) is 5.83. The fraction of sp³-hybridized carbons (Fsp3) is 0.231. The van der Waals surface area contributed by atoms with Crippen molar-refractivity contribution >= 4 is 45.3 Å². The van der Waals surface area contributed by atoms with Crippen LogP contribution in [0.3, 0.4) is 0 Å². The Bertz CT molecular complexity index is 1670. The Morgan fingerprint density at radius 3 is 2.76 bits per heavy atom. The van der Waals surface area contributed by atoms with Crippen molar-refractivity contribution in [2.24, 2.45) is 4.99 Å². The van der Waals surface area contributed by atoms with Gasteiger partial charge in [0.05, 0.1) is 32.9 Å². The molecular formula is C26H21BrN2O8S. The Hall–Kier alpha value is -3.90. The molecule has 2 aromatic carbocycles. The third-order valence-corrected chi connectivity index (χ3v) is 7.44. The minimum atomic E-state index is -1.09. The molecule has 12 heteroatoms. The molecule has 196 valence electrons. The number of aromatic nitrogens is 1. The van der Waals surface area contributed by atoms with Crippen molar-refractivity contribution < 1.29 is 33.6 Å². The van der Waals surface area contributed by atoms with Crippen LogP contribution in [0.15, 0.2) is 61.9 Å². The van der Waals surface area contributed by atoms with Crippen LogP contribution in [0.1, 0.15) is 31.0 Å². The average Bonchev–Trinajstić information content (AvgIpc) is 3.46. The van der Waals surface area contributed by atoms with Crippen LogP contribution in [0.4, 0.5) is 0 Å². The number of carbonyl (C=O) groups excluding carboxylic acids is 1. The minimum Gasteiger partial charge on any atom is -0.481 e. The van der Waals surface area contributed by atoms with Crippen molar-refractivity contribution in [3.63, 3.8) is 0 Å². The molecule has 1 aromatic heterocycles. The van der Waals surface area contributed by atoms with Gasteiger partial charge < -0.3 is 24.1 Å². The highest BCUT2D eigenvalue weighted by Gasteiger charge is 2.34. The summed E-state index contributed by atoms with van der Waals surface area (Å²) in [6.07, 6.45) is 1.70. The Kier molecular flexibility index (Phi) is 7.09. The van der Waals surface area contributed by atoms with Crippen molar-refractivity contribution in [3.8, 4) is 17.2 Å². The molecule has 0 radical (unpaired) electrons. The van der Waals surface area contributed by atoms with E-state index in [4.69, 9.17) is 24.1 Å². The Morgan fingerprint density at radius 1 is 1.24 bits per heavy atom. The number of carboxylic acids is 1. The first-order valence-corrected chi connectivity index (χ1v) is 13.1. The molecule has 0 saturated heterocycles. The van der Waals surface area contributed by atoms with Crippen molar-refractivity contribution in [2.45, 2.75) is 19.9 Å². The molecule has 0 aliphatic carbocycles. The van der Waals surface area contributed by atoms with E-state index in [-0.39, 0.29) is 24.5 Å². The number of ether oxygens (including phenoxy) is 4. The van der Waals surface area contributed by atoms with E-state index >= 15 is 0 Å². The quantitative estimate of drug-likeness (QED) is 0.410. The number of nitrogens with zero attached hydrogens (tertiary/aromatic N) is 2. The van der Waals surface area contributed by atoms with E-state index < -0.39 is 24.6 Å². The number of fused-ring (bicyclic) bond motifs is 2. The van der Waals surface area contributed by atoms with E-state index in [0.717, 1.165) is 0 Å². The molecule has 0 bridgehead atoms. The maximum atomic E-state index is 13.7. The number of hydrogen-bond donors (Lipinski definition) is 1. The van der Waals surface area contributed by atoms with Gasteiger partial charge in [-0.2, -0.15) is 0 Å². The second-order valence-corrected chi connectivity index (χ2v) is 10.2. The van der Waals surface area contributed by atoms with Gasteiger partial charge in [0, 0.05) is 0 Å². The number of carboxylic acid groups (broad SMARTS) is 1. The highest BCUT2D eigenvalue weighted by atomic mass is 79.9. The number of aliphatic carboxylic acids is 1. The highest BCUT2D eigenvalue weighted by molar-refractivity contribution is 9.10. The van der Waals surface area contributed by atoms with Gasteiger partial charge in [-0.3, -0.25) is 9.36 Å². The number of halogens is 1. The van der Waals surface area contributed by atoms with Crippen LogP contribution in [-0.2, 0) is 14.3 Å². The van der Waals surface area contributed by atoms with Crippen LogP contribution < -0.4 is 29.1 Å². The van der Waals surface area contributed by atoms with Crippen molar-refractivity contribution in [1.29, 1.82) is 0 Å². The fourth-order valence-electron chi connectivity index (χ4n) is 4.20. The lowest BCUT2D eigenvalue weighted by Crippen LogP contribution is -2.39. The molecule has 0 unspecified atom stereocenters. The van der Waals surface area contributed by atoms with Gasteiger partial charge in [0.1, 0.15) is 5.75 Å². The molecule has 1 N–H and O–H groups in total. The molecule has 1 atom stereocenters. The summed E-state index contributed by atoms with van der Waals surface area (Å²) in [5.41, 5.74) is 1.75. The molecule has 3 heterocycles. The van der Waals surface area contributed by atoms with Gasteiger partial charge in [-0.15, -0.1) is 0 Å². The largest absolute Gasteiger partial charge is 0.481 e. The van der Waals surface area contributed by atoms with E-state index in [2.05, 4.69) is 20.9 Å². The van der Waals surface area contributed by atoms with E-state index in [9.17, 15) is 14.4 Å². The second-order valence-electron chi connectivity index (χ2n) is 8.29. The van der Waals surface area contributed by atoms with Gasteiger partial charge in [0.15, 0.2) is 22.9 Å². The number of carbonyl (C=O) groups is 2. The number of benzene rings is 2. The van der Waals surface area contributed by atoms with E-state index in [1.807, 2.05) is 0 Å². The van der Waals surface area contributed by atoms with Crippen LogP contribution in [0.5, 0.6) is 17.2 Å². The first-order valence-electron chi connectivity index (χ1n) is 11.5. The molecule has 0 amide bonds. The maximum Gasteiger partial charge on any atom is 0.341 e. The summed E-state index contributed by atoms with van der Waals surface area (Å²) < 4.78 is 24.0. The second kappa shape index (κ2) is 10.5. The Balaban J connectivity index is 1.62. The van der Waals surface area contributed by atoms with Crippen LogP contribution in [0.2, 0.25) is 0 Å².